The molecular weight excluding hydrogens is 411 g/mol. The van der Waals surface area contributed by atoms with Crippen LogP contribution in [0, 0.1) is 6.92 Å². The van der Waals surface area contributed by atoms with Crippen molar-refractivity contribution in [2.45, 2.75) is 53.4 Å². The van der Waals surface area contributed by atoms with Crippen molar-refractivity contribution in [2.24, 2.45) is 0 Å². The van der Waals surface area contributed by atoms with Gasteiger partial charge < -0.3 is 9.30 Å². The number of halogens is 1. The van der Waals surface area contributed by atoms with Gasteiger partial charge in [0.15, 0.2) is 11.4 Å². The van der Waals surface area contributed by atoms with Gasteiger partial charge >= 0.3 is 5.97 Å². The Hall–Kier alpha value is -3.55. The minimum atomic E-state index is -0.753. The molecule has 0 saturated heterocycles. The molecule has 0 atom stereocenters. The zero-order chi connectivity index (χ0) is 23.2. The standard InChI is InChI=1S/C24H25FN4O3/c1-14-6-21-26-10-18(11-29(21)27-14)16-7-17(9-25)23-19(8-16)20(15(2)30)12-28(23)13-22(31)32-24(3,4)5/h6-8,10-12H,9,13H2,1-5H3. The van der Waals surface area contributed by atoms with E-state index >= 15 is 0 Å². The van der Waals surface area contributed by atoms with E-state index in [0.29, 0.717) is 33.2 Å². The third-order valence-electron chi connectivity index (χ3n) is 5.06. The fourth-order valence-corrected chi connectivity index (χ4v) is 3.86. The first-order chi connectivity index (χ1) is 15.1. The molecular formula is C24H25FN4O3. The summed E-state index contributed by atoms with van der Waals surface area (Å²) in [7, 11) is 0. The fraction of sp³-hybridized carbons (Fsp3) is 0.333. The quantitative estimate of drug-likeness (QED) is 0.335. The van der Waals surface area contributed by atoms with Crippen molar-refractivity contribution in [1.29, 1.82) is 0 Å². The van der Waals surface area contributed by atoms with Gasteiger partial charge in [-0.1, -0.05) is 0 Å². The molecule has 0 unspecified atom stereocenters. The van der Waals surface area contributed by atoms with Crippen LogP contribution in [0.2, 0.25) is 0 Å². The molecule has 0 radical (unpaired) electrons. The number of ether oxygens (including phenoxy) is 1. The molecule has 0 amide bonds. The van der Waals surface area contributed by atoms with Crippen molar-refractivity contribution >= 4 is 28.3 Å². The van der Waals surface area contributed by atoms with Gasteiger partial charge in [0.2, 0.25) is 0 Å². The SMILES string of the molecule is CC(=O)c1cn(CC(=O)OC(C)(C)C)c2c(CF)cc(-c3cnc4cc(C)nn4c3)cc12. The molecule has 3 aromatic heterocycles. The molecule has 0 saturated carbocycles. The Kier molecular flexibility index (Phi) is 5.32. The van der Waals surface area contributed by atoms with Crippen LogP contribution in [0.4, 0.5) is 4.39 Å². The third kappa shape index (κ3) is 4.12. The number of ketones is 1. The van der Waals surface area contributed by atoms with Crippen molar-refractivity contribution in [3.63, 3.8) is 0 Å². The van der Waals surface area contributed by atoms with E-state index in [9.17, 15) is 14.0 Å². The number of aromatic nitrogens is 4. The van der Waals surface area contributed by atoms with Crippen molar-refractivity contribution < 1.29 is 18.7 Å². The van der Waals surface area contributed by atoms with Crippen molar-refractivity contribution in [3.8, 4) is 11.1 Å². The Morgan fingerprint density at radius 1 is 1.12 bits per heavy atom. The maximum atomic E-state index is 14.2. The van der Waals surface area contributed by atoms with Gasteiger partial charge in [-0.15, -0.1) is 0 Å². The molecule has 0 fully saturated rings. The smallest absolute Gasteiger partial charge is 0.326 e. The number of benzene rings is 1. The van der Waals surface area contributed by atoms with Gasteiger partial charge in [-0.25, -0.2) is 13.9 Å². The maximum absolute atomic E-state index is 14.2. The lowest BCUT2D eigenvalue weighted by molar-refractivity contribution is -0.155. The highest BCUT2D eigenvalue weighted by Gasteiger charge is 2.21. The van der Waals surface area contributed by atoms with Crippen LogP contribution in [0.3, 0.4) is 0 Å². The van der Waals surface area contributed by atoms with Gasteiger partial charge in [-0.2, -0.15) is 5.10 Å². The van der Waals surface area contributed by atoms with E-state index in [1.165, 1.54) is 6.92 Å². The summed E-state index contributed by atoms with van der Waals surface area (Å²) in [6.45, 7) is 7.81. The lowest BCUT2D eigenvalue weighted by atomic mass is 10.00. The molecule has 0 aliphatic rings. The average molecular weight is 436 g/mol. The number of nitrogens with zero attached hydrogens (tertiary/aromatic N) is 4. The Morgan fingerprint density at radius 3 is 2.53 bits per heavy atom. The van der Waals surface area contributed by atoms with Gasteiger partial charge in [0, 0.05) is 46.7 Å². The summed E-state index contributed by atoms with van der Waals surface area (Å²) in [4.78, 5) is 29.2. The number of carbonyl (C=O) groups is 2. The number of carbonyl (C=O) groups excluding carboxylic acids is 2. The molecule has 8 heteroatoms. The molecule has 0 bridgehead atoms. The summed E-state index contributed by atoms with van der Waals surface area (Å²) in [5.74, 6) is -0.627. The van der Waals surface area contributed by atoms with E-state index in [0.717, 1.165) is 11.3 Å². The van der Waals surface area contributed by atoms with Gasteiger partial charge in [0.1, 0.15) is 18.8 Å². The molecule has 3 heterocycles. The Balaban J connectivity index is 1.86. The van der Waals surface area contributed by atoms with Crippen LogP contribution in [0.1, 0.15) is 49.3 Å². The molecule has 0 aliphatic carbocycles. The molecule has 0 N–H and O–H groups in total. The summed E-state index contributed by atoms with van der Waals surface area (Å²) in [5.41, 5.74) is 3.68. The molecule has 32 heavy (non-hydrogen) atoms. The van der Waals surface area contributed by atoms with E-state index in [1.807, 2.05) is 25.3 Å². The molecule has 4 aromatic rings. The second-order valence-corrected chi connectivity index (χ2v) is 8.91. The number of Topliss-reactive ketones (excluding diaryl/α,β-unsaturated/α-hetero) is 1. The minimum absolute atomic E-state index is 0.118. The Bertz CT molecular complexity index is 1360. The molecule has 4 rings (SSSR count). The van der Waals surface area contributed by atoms with Gasteiger partial charge in [-0.05, 0) is 52.3 Å². The maximum Gasteiger partial charge on any atom is 0.326 e. The number of aryl methyl sites for hydroxylation is 1. The summed E-state index contributed by atoms with van der Waals surface area (Å²) >= 11 is 0. The van der Waals surface area contributed by atoms with Gasteiger partial charge in [-0.3, -0.25) is 9.59 Å². The number of hydrogen-bond donors (Lipinski definition) is 0. The Labute approximate surface area is 184 Å². The second kappa shape index (κ2) is 7.85. The number of alkyl halides is 1. The zero-order valence-corrected chi connectivity index (χ0v) is 18.8. The average Bonchev–Trinajstić information content (AvgIpc) is 3.24. The van der Waals surface area contributed by atoms with Crippen molar-refractivity contribution in [2.75, 3.05) is 0 Å². The highest BCUT2D eigenvalue weighted by Crippen LogP contribution is 2.32. The number of fused-ring (bicyclic) bond motifs is 2. The van der Waals surface area contributed by atoms with E-state index in [-0.39, 0.29) is 12.3 Å². The van der Waals surface area contributed by atoms with E-state index in [4.69, 9.17) is 4.74 Å². The van der Waals surface area contributed by atoms with Crippen LogP contribution < -0.4 is 0 Å². The van der Waals surface area contributed by atoms with Crippen molar-refractivity contribution in [1.82, 2.24) is 19.2 Å². The summed E-state index contributed by atoms with van der Waals surface area (Å²) in [6, 6.07) is 5.41. The predicted molar refractivity (Wildman–Crippen MR) is 119 cm³/mol. The van der Waals surface area contributed by atoms with Crippen molar-refractivity contribution in [3.05, 3.63) is 53.6 Å². The lowest BCUT2D eigenvalue weighted by Gasteiger charge is -2.20. The molecule has 0 aliphatic heterocycles. The first kappa shape index (κ1) is 21.7. The van der Waals surface area contributed by atoms with Crippen LogP contribution in [0.25, 0.3) is 27.7 Å². The summed E-state index contributed by atoms with van der Waals surface area (Å²) in [5, 5.41) is 4.97. The highest BCUT2D eigenvalue weighted by molar-refractivity contribution is 6.09. The van der Waals surface area contributed by atoms with Gasteiger partial charge in [0.25, 0.3) is 0 Å². The summed E-state index contributed by atoms with van der Waals surface area (Å²) < 4.78 is 22.8. The van der Waals surface area contributed by atoms with Crippen LogP contribution in [0.15, 0.2) is 36.8 Å². The van der Waals surface area contributed by atoms with Crippen LogP contribution in [-0.4, -0.2) is 36.5 Å². The molecule has 0 spiro atoms. The van der Waals surface area contributed by atoms with Crippen LogP contribution >= 0.6 is 0 Å². The fourth-order valence-electron chi connectivity index (χ4n) is 3.86. The molecule has 166 valence electrons. The van der Waals surface area contributed by atoms with Gasteiger partial charge in [0.05, 0.1) is 11.2 Å². The zero-order valence-electron chi connectivity index (χ0n) is 18.8. The number of hydrogen-bond acceptors (Lipinski definition) is 5. The van der Waals surface area contributed by atoms with E-state index in [1.54, 1.807) is 48.3 Å². The molecule has 7 nitrogen and oxygen atoms in total. The first-order valence-corrected chi connectivity index (χ1v) is 10.3. The Morgan fingerprint density at radius 2 is 1.88 bits per heavy atom. The van der Waals surface area contributed by atoms with E-state index < -0.39 is 18.2 Å². The first-order valence-electron chi connectivity index (χ1n) is 10.3. The summed E-state index contributed by atoms with van der Waals surface area (Å²) in [6.07, 6.45) is 5.12. The lowest BCUT2D eigenvalue weighted by Crippen LogP contribution is -2.26. The third-order valence-corrected chi connectivity index (χ3v) is 5.06. The molecule has 1 aromatic carbocycles. The number of esters is 1. The normalized spacial score (nSPS) is 11.9. The largest absolute Gasteiger partial charge is 0.459 e. The minimum Gasteiger partial charge on any atom is -0.459 e. The van der Waals surface area contributed by atoms with E-state index in [2.05, 4.69) is 10.1 Å². The highest BCUT2D eigenvalue weighted by atomic mass is 19.1. The monoisotopic (exact) mass is 436 g/mol. The van der Waals surface area contributed by atoms with Crippen LogP contribution in [-0.2, 0) is 22.8 Å². The second-order valence-electron chi connectivity index (χ2n) is 8.91. The van der Waals surface area contributed by atoms with Crippen LogP contribution in [0.5, 0.6) is 0 Å². The number of rotatable bonds is 5. The predicted octanol–water partition coefficient (Wildman–Crippen LogP) is 4.67. The topological polar surface area (TPSA) is 78.5 Å².